The first-order chi connectivity index (χ1) is 19.0. The molecule has 0 aliphatic carbocycles. The molecular weight excluding hydrogens is 540 g/mol. The molecule has 9 N–H and O–H groups in total. The minimum absolute atomic E-state index is 0.397. The summed E-state index contributed by atoms with van der Waals surface area (Å²) >= 11 is 0. The maximum atomic E-state index is 11.0. The standard InChI is InChI=1S/C25H44O15/c1-3-5-6-7-12(4-2)37-23-20(40-22-19(32)17(30)15(28)13(8-26)38-22)18(31)16(29)14(39-23)9-35-24-21(33)25(34,10-27)11-36-24/h4,12-24,26-34H,2-3,5-11H2,1H3/t12-,13+,14+,15+,16+,17-,18-,19+,20+,21-,22-,23+,24+,25-/m0/s1. The normalized spacial score (nSPS) is 45.0. The molecule has 3 aliphatic rings. The Balaban J connectivity index is 1.75. The first-order valence-corrected chi connectivity index (χ1v) is 13.5. The highest BCUT2D eigenvalue weighted by atomic mass is 16.8. The summed E-state index contributed by atoms with van der Waals surface area (Å²) in [5.41, 5.74) is -1.93. The second-order valence-corrected chi connectivity index (χ2v) is 10.4. The van der Waals surface area contributed by atoms with E-state index in [0.29, 0.717) is 6.42 Å². The fourth-order valence-electron chi connectivity index (χ4n) is 4.77. The van der Waals surface area contributed by atoms with Crippen LogP contribution in [-0.4, -0.2) is 158 Å². The second-order valence-electron chi connectivity index (χ2n) is 10.4. The third-order valence-electron chi connectivity index (χ3n) is 7.45. The molecule has 40 heavy (non-hydrogen) atoms. The van der Waals surface area contributed by atoms with Gasteiger partial charge in [-0.25, -0.2) is 0 Å². The third-order valence-corrected chi connectivity index (χ3v) is 7.45. The summed E-state index contributed by atoms with van der Waals surface area (Å²) in [5.74, 6) is 0. The lowest BCUT2D eigenvalue weighted by molar-refractivity contribution is -0.372. The van der Waals surface area contributed by atoms with Crippen LogP contribution in [0.15, 0.2) is 12.7 Å². The summed E-state index contributed by atoms with van der Waals surface area (Å²) in [7, 11) is 0. The molecule has 0 amide bonds. The lowest BCUT2D eigenvalue weighted by atomic mass is 9.97. The topological polar surface area (TPSA) is 237 Å². The summed E-state index contributed by atoms with van der Waals surface area (Å²) in [6.45, 7) is 3.49. The summed E-state index contributed by atoms with van der Waals surface area (Å²) in [5, 5.41) is 91.7. The van der Waals surface area contributed by atoms with Gasteiger partial charge in [0.1, 0.15) is 60.5 Å². The van der Waals surface area contributed by atoms with Crippen molar-refractivity contribution in [3.8, 4) is 0 Å². The SMILES string of the molecule is C=C[C@@H](CCCCC)O[C@@H]1O[C@H](CO[C@@H]2OC[C@@](O)(CO)[C@H]2O)[C@@H](O)[C@H](O)[C@H]1O[C@@H]1O[C@H](CO)[C@@H](O)[C@H](O)[C@H]1O. The van der Waals surface area contributed by atoms with Crippen LogP contribution in [-0.2, 0) is 28.4 Å². The molecule has 3 heterocycles. The fraction of sp³-hybridized carbons (Fsp3) is 0.920. The number of rotatable bonds is 14. The third kappa shape index (κ3) is 7.55. The van der Waals surface area contributed by atoms with Gasteiger partial charge in [0, 0.05) is 0 Å². The number of aliphatic hydroxyl groups is 9. The van der Waals surface area contributed by atoms with E-state index in [1.54, 1.807) is 0 Å². The van der Waals surface area contributed by atoms with Gasteiger partial charge in [0.15, 0.2) is 18.9 Å². The minimum Gasteiger partial charge on any atom is -0.394 e. The van der Waals surface area contributed by atoms with Crippen LogP contribution < -0.4 is 0 Å². The van der Waals surface area contributed by atoms with Crippen LogP contribution >= 0.6 is 0 Å². The quantitative estimate of drug-likeness (QED) is 0.0704. The molecule has 234 valence electrons. The van der Waals surface area contributed by atoms with Crippen LogP contribution in [0.1, 0.15) is 32.6 Å². The first-order valence-electron chi connectivity index (χ1n) is 13.5. The van der Waals surface area contributed by atoms with E-state index in [0.717, 1.165) is 19.3 Å². The number of unbranched alkanes of at least 4 members (excludes halogenated alkanes) is 2. The molecule has 3 aliphatic heterocycles. The Kier molecular flexibility index (Phi) is 12.7. The molecule has 0 aromatic rings. The van der Waals surface area contributed by atoms with Crippen molar-refractivity contribution in [2.24, 2.45) is 0 Å². The Labute approximate surface area is 232 Å². The smallest absolute Gasteiger partial charge is 0.187 e. The lowest BCUT2D eigenvalue weighted by Crippen LogP contribution is -2.65. The molecule has 3 saturated heterocycles. The van der Waals surface area contributed by atoms with Gasteiger partial charge in [0.25, 0.3) is 0 Å². The van der Waals surface area contributed by atoms with Gasteiger partial charge in [0.05, 0.1) is 32.5 Å². The van der Waals surface area contributed by atoms with E-state index in [-0.39, 0.29) is 0 Å². The van der Waals surface area contributed by atoms with Crippen molar-refractivity contribution in [2.75, 3.05) is 26.4 Å². The fourth-order valence-corrected chi connectivity index (χ4v) is 4.77. The van der Waals surface area contributed by atoms with Crippen molar-refractivity contribution in [2.45, 2.75) is 118 Å². The van der Waals surface area contributed by atoms with Crippen LogP contribution in [0.3, 0.4) is 0 Å². The zero-order valence-electron chi connectivity index (χ0n) is 22.4. The van der Waals surface area contributed by atoms with Gasteiger partial charge in [-0.1, -0.05) is 32.3 Å². The molecule has 0 aromatic heterocycles. The largest absolute Gasteiger partial charge is 0.394 e. The van der Waals surface area contributed by atoms with Gasteiger partial charge < -0.3 is 74.4 Å². The molecule has 0 saturated carbocycles. The molecule has 0 unspecified atom stereocenters. The van der Waals surface area contributed by atoms with E-state index in [9.17, 15) is 46.0 Å². The maximum absolute atomic E-state index is 11.0. The van der Waals surface area contributed by atoms with E-state index in [4.69, 9.17) is 28.4 Å². The highest BCUT2D eigenvalue weighted by molar-refractivity contribution is 4.96. The minimum atomic E-state index is -1.93. The summed E-state index contributed by atoms with van der Waals surface area (Å²) in [4.78, 5) is 0. The predicted octanol–water partition coefficient (Wildman–Crippen LogP) is -3.77. The predicted molar refractivity (Wildman–Crippen MR) is 132 cm³/mol. The average Bonchev–Trinajstić information content (AvgIpc) is 3.24. The summed E-state index contributed by atoms with van der Waals surface area (Å²) in [6, 6.07) is 0. The number of ether oxygens (including phenoxy) is 6. The molecule has 15 heteroatoms. The maximum Gasteiger partial charge on any atom is 0.187 e. The van der Waals surface area contributed by atoms with Crippen molar-refractivity contribution >= 4 is 0 Å². The van der Waals surface area contributed by atoms with E-state index in [1.165, 1.54) is 6.08 Å². The Hall–Kier alpha value is -0.860. The van der Waals surface area contributed by atoms with Gasteiger partial charge in [0.2, 0.25) is 0 Å². The zero-order chi connectivity index (χ0) is 29.6. The summed E-state index contributed by atoms with van der Waals surface area (Å²) < 4.78 is 33.7. The van der Waals surface area contributed by atoms with Gasteiger partial charge >= 0.3 is 0 Å². The van der Waals surface area contributed by atoms with E-state index in [1.807, 2.05) is 6.92 Å². The van der Waals surface area contributed by atoms with E-state index in [2.05, 4.69) is 6.58 Å². The van der Waals surface area contributed by atoms with Gasteiger partial charge in [-0.3, -0.25) is 0 Å². The molecule has 15 nitrogen and oxygen atoms in total. The van der Waals surface area contributed by atoms with Crippen molar-refractivity contribution < 1.29 is 74.4 Å². The van der Waals surface area contributed by atoms with E-state index >= 15 is 0 Å². The Morgan fingerprint density at radius 2 is 1.57 bits per heavy atom. The lowest BCUT2D eigenvalue weighted by Gasteiger charge is -2.46. The summed E-state index contributed by atoms with van der Waals surface area (Å²) in [6.07, 6.45) is -14.4. The van der Waals surface area contributed by atoms with Crippen LogP contribution in [0.2, 0.25) is 0 Å². The molecule has 0 aromatic carbocycles. The number of hydrogen-bond donors (Lipinski definition) is 9. The van der Waals surface area contributed by atoms with Crippen molar-refractivity contribution in [1.82, 2.24) is 0 Å². The van der Waals surface area contributed by atoms with Crippen molar-refractivity contribution in [3.05, 3.63) is 12.7 Å². The molecule has 14 atom stereocenters. The molecule has 0 radical (unpaired) electrons. The number of aliphatic hydroxyl groups excluding tert-OH is 8. The Morgan fingerprint density at radius 3 is 2.17 bits per heavy atom. The number of hydrogen-bond acceptors (Lipinski definition) is 15. The highest BCUT2D eigenvalue weighted by Gasteiger charge is 2.53. The van der Waals surface area contributed by atoms with Gasteiger partial charge in [-0.15, -0.1) is 6.58 Å². The Bertz CT molecular complexity index is 772. The molecular formula is C25H44O15. The van der Waals surface area contributed by atoms with Gasteiger partial charge in [-0.05, 0) is 6.42 Å². The van der Waals surface area contributed by atoms with Gasteiger partial charge in [-0.2, -0.15) is 0 Å². The monoisotopic (exact) mass is 584 g/mol. The zero-order valence-corrected chi connectivity index (χ0v) is 22.4. The molecule has 0 spiro atoms. The van der Waals surface area contributed by atoms with E-state index < -0.39 is 112 Å². The van der Waals surface area contributed by atoms with Crippen LogP contribution in [0, 0.1) is 0 Å². The second kappa shape index (κ2) is 15.0. The van der Waals surface area contributed by atoms with Crippen LogP contribution in [0.25, 0.3) is 0 Å². The van der Waals surface area contributed by atoms with Crippen LogP contribution in [0.5, 0.6) is 0 Å². The van der Waals surface area contributed by atoms with Crippen molar-refractivity contribution in [3.63, 3.8) is 0 Å². The van der Waals surface area contributed by atoms with Crippen LogP contribution in [0.4, 0.5) is 0 Å². The Morgan fingerprint density at radius 1 is 0.900 bits per heavy atom. The average molecular weight is 585 g/mol. The molecule has 0 bridgehead atoms. The highest BCUT2D eigenvalue weighted by Crippen LogP contribution is 2.32. The first kappa shape index (κ1) is 33.6. The molecule has 3 fully saturated rings. The van der Waals surface area contributed by atoms with Crippen molar-refractivity contribution in [1.29, 1.82) is 0 Å². The molecule has 3 rings (SSSR count).